The minimum absolute atomic E-state index is 0.0617. The molecular weight excluding hydrogens is 222 g/mol. The number of benzene rings is 1. The molecule has 0 bridgehead atoms. The minimum atomic E-state index is -1.02. The van der Waals surface area contributed by atoms with E-state index >= 15 is 0 Å². The topological polar surface area (TPSA) is 75.6 Å². The van der Waals surface area contributed by atoms with E-state index in [4.69, 9.17) is 9.84 Å². The summed E-state index contributed by atoms with van der Waals surface area (Å²) < 4.78 is 4.80. The van der Waals surface area contributed by atoms with Crippen LogP contribution >= 0.6 is 0 Å². The molecule has 5 nitrogen and oxygen atoms in total. The quantitative estimate of drug-likeness (QED) is 0.714. The Bertz CT molecular complexity index is 403. The van der Waals surface area contributed by atoms with Crippen molar-refractivity contribution in [2.45, 2.75) is 6.42 Å². The highest BCUT2D eigenvalue weighted by Crippen LogP contribution is 2.09. The largest absolute Gasteiger partial charge is 0.478 e. The first-order valence-electron chi connectivity index (χ1n) is 5.22. The summed E-state index contributed by atoms with van der Waals surface area (Å²) in [5, 5.41) is 11.6. The van der Waals surface area contributed by atoms with E-state index in [9.17, 15) is 9.59 Å². The molecule has 1 rings (SSSR count). The number of methoxy groups -OCH3 is 1. The Labute approximate surface area is 99.4 Å². The predicted molar refractivity (Wildman–Crippen MR) is 62.0 cm³/mol. The van der Waals surface area contributed by atoms with Gasteiger partial charge in [0.15, 0.2) is 0 Å². The number of aromatic carboxylic acids is 1. The van der Waals surface area contributed by atoms with E-state index in [-0.39, 0.29) is 17.9 Å². The number of carboxylic acid groups (broad SMARTS) is 1. The molecule has 5 heteroatoms. The van der Waals surface area contributed by atoms with Crippen molar-refractivity contribution in [2.24, 2.45) is 0 Å². The Kier molecular flexibility index (Phi) is 5.16. The fraction of sp³-hybridized carbons (Fsp3) is 0.333. The summed E-state index contributed by atoms with van der Waals surface area (Å²) in [4.78, 5) is 22.4. The zero-order valence-corrected chi connectivity index (χ0v) is 9.60. The highest BCUT2D eigenvalue weighted by molar-refractivity contribution is 5.91. The van der Waals surface area contributed by atoms with Gasteiger partial charge in [0.05, 0.1) is 18.6 Å². The van der Waals surface area contributed by atoms with E-state index in [0.29, 0.717) is 18.7 Å². The van der Waals surface area contributed by atoms with Crippen LogP contribution in [0.4, 0.5) is 0 Å². The van der Waals surface area contributed by atoms with Crippen molar-refractivity contribution in [2.75, 3.05) is 20.3 Å². The van der Waals surface area contributed by atoms with Crippen molar-refractivity contribution in [1.29, 1.82) is 0 Å². The number of hydrogen-bond acceptors (Lipinski definition) is 3. The van der Waals surface area contributed by atoms with Crippen LogP contribution in [-0.2, 0) is 16.0 Å². The van der Waals surface area contributed by atoms with Gasteiger partial charge in [-0.2, -0.15) is 0 Å². The molecule has 1 aromatic carbocycles. The van der Waals surface area contributed by atoms with E-state index in [2.05, 4.69) is 5.32 Å². The molecule has 17 heavy (non-hydrogen) atoms. The molecule has 0 aliphatic rings. The van der Waals surface area contributed by atoms with Crippen LogP contribution in [0.15, 0.2) is 24.3 Å². The van der Waals surface area contributed by atoms with Crippen LogP contribution in [-0.4, -0.2) is 37.2 Å². The molecule has 92 valence electrons. The van der Waals surface area contributed by atoms with Gasteiger partial charge in [0, 0.05) is 13.7 Å². The summed E-state index contributed by atoms with van der Waals surface area (Å²) in [5.74, 6) is -1.24. The Morgan fingerprint density at radius 3 is 2.71 bits per heavy atom. The van der Waals surface area contributed by atoms with Gasteiger partial charge in [-0.1, -0.05) is 18.2 Å². The lowest BCUT2D eigenvalue weighted by molar-refractivity contribution is -0.120. The van der Waals surface area contributed by atoms with Gasteiger partial charge in [-0.25, -0.2) is 4.79 Å². The molecule has 1 amide bonds. The average Bonchev–Trinajstić information content (AvgIpc) is 2.29. The third-order valence-corrected chi connectivity index (χ3v) is 2.23. The second-order valence-corrected chi connectivity index (χ2v) is 3.48. The molecule has 1 aromatic rings. The first-order valence-corrected chi connectivity index (χ1v) is 5.22. The molecule has 0 aliphatic carbocycles. The second kappa shape index (κ2) is 6.65. The molecule has 2 N–H and O–H groups in total. The maximum atomic E-state index is 11.5. The van der Waals surface area contributed by atoms with E-state index in [1.807, 2.05) is 0 Å². The Balaban J connectivity index is 2.61. The molecular formula is C12H15NO4. The molecule has 0 radical (unpaired) electrons. The second-order valence-electron chi connectivity index (χ2n) is 3.48. The molecule has 0 atom stereocenters. The summed E-state index contributed by atoms with van der Waals surface area (Å²) in [6.07, 6.45) is 0.0617. The van der Waals surface area contributed by atoms with Gasteiger partial charge >= 0.3 is 5.97 Å². The Hall–Kier alpha value is -1.88. The number of ether oxygens (including phenoxy) is 1. The van der Waals surface area contributed by atoms with E-state index in [1.165, 1.54) is 6.07 Å². The molecule has 0 aromatic heterocycles. The Morgan fingerprint density at radius 1 is 1.35 bits per heavy atom. The highest BCUT2D eigenvalue weighted by Gasteiger charge is 2.11. The summed E-state index contributed by atoms with van der Waals surface area (Å²) in [7, 11) is 1.55. The van der Waals surface area contributed by atoms with Crippen molar-refractivity contribution < 1.29 is 19.4 Å². The molecule has 0 saturated heterocycles. The van der Waals surface area contributed by atoms with Crippen LogP contribution < -0.4 is 5.32 Å². The Morgan fingerprint density at radius 2 is 2.06 bits per heavy atom. The van der Waals surface area contributed by atoms with Crippen molar-refractivity contribution in [3.63, 3.8) is 0 Å². The van der Waals surface area contributed by atoms with Crippen molar-refractivity contribution in [1.82, 2.24) is 5.32 Å². The number of rotatable bonds is 6. The van der Waals surface area contributed by atoms with Gasteiger partial charge < -0.3 is 15.2 Å². The van der Waals surface area contributed by atoms with Crippen LogP contribution in [0.2, 0.25) is 0 Å². The van der Waals surface area contributed by atoms with Gasteiger partial charge in [0.1, 0.15) is 0 Å². The highest BCUT2D eigenvalue weighted by atomic mass is 16.5. The normalized spacial score (nSPS) is 9.94. The lowest BCUT2D eigenvalue weighted by Gasteiger charge is -2.06. The van der Waals surface area contributed by atoms with Crippen LogP contribution in [0.1, 0.15) is 15.9 Å². The summed E-state index contributed by atoms with van der Waals surface area (Å²) in [5.41, 5.74) is 0.671. The number of hydrogen-bond donors (Lipinski definition) is 2. The third kappa shape index (κ3) is 4.24. The third-order valence-electron chi connectivity index (χ3n) is 2.23. The fourth-order valence-corrected chi connectivity index (χ4v) is 1.41. The maximum absolute atomic E-state index is 11.5. The van der Waals surface area contributed by atoms with Gasteiger partial charge in [-0.05, 0) is 11.6 Å². The number of carbonyl (C=O) groups excluding carboxylic acids is 1. The van der Waals surface area contributed by atoms with Crippen molar-refractivity contribution in [3.8, 4) is 0 Å². The summed E-state index contributed by atoms with van der Waals surface area (Å²) in [6.45, 7) is 0.858. The van der Waals surface area contributed by atoms with Gasteiger partial charge in [0.25, 0.3) is 0 Å². The molecule has 0 spiro atoms. The van der Waals surface area contributed by atoms with Crippen LogP contribution in [0, 0.1) is 0 Å². The summed E-state index contributed by atoms with van der Waals surface area (Å²) >= 11 is 0. The number of nitrogens with one attached hydrogen (secondary N) is 1. The first kappa shape index (κ1) is 13.2. The maximum Gasteiger partial charge on any atom is 0.335 e. The number of amides is 1. The molecule has 0 aliphatic heterocycles. The predicted octanol–water partition coefficient (Wildman–Crippen LogP) is 0.690. The van der Waals surface area contributed by atoms with Crippen molar-refractivity contribution >= 4 is 11.9 Å². The first-order chi connectivity index (χ1) is 8.15. The van der Waals surface area contributed by atoms with E-state index in [1.54, 1.807) is 25.3 Å². The molecule has 0 saturated carbocycles. The van der Waals surface area contributed by atoms with Crippen LogP contribution in [0.25, 0.3) is 0 Å². The van der Waals surface area contributed by atoms with E-state index in [0.717, 1.165) is 0 Å². The fourth-order valence-electron chi connectivity index (χ4n) is 1.41. The average molecular weight is 237 g/mol. The van der Waals surface area contributed by atoms with Crippen LogP contribution in [0.3, 0.4) is 0 Å². The van der Waals surface area contributed by atoms with Gasteiger partial charge in [-0.15, -0.1) is 0 Å². The lowest BCUT2D eigenvalue weighted by atomic mass is 10.0. The summed E-state index contributed by atoms with van der Waals surface area (Å²) in [6, 6.07) is 6.47. The molecule has 0 unspecified atom stereocenters. The standard InChI is InChI=1S/C12H15NO4/c1-17-7-6-13-11(14)8-9-4-2-3-5-10(9)12(15)16/h2-5H,6-8H2,1H3,(H,13,14)(H,15,16). The minimum Gasteiger partial charge on any atom is -0.478 e. The van der Waals surface area contributed by atoms with E-state index < -0.39 is 5.97 Å². The zero-order chi connectivity index (χ0) is 12.7. The molecule has 0 heterocycles. The lowest BCUT2D eigenvalue weighted by Crippen LogP contribution is -2.28. The van der Waals surface area contributed by atoms with Crippen molar-refractivity contribution in [3.05, 3.63) is 35.4 Å². The van der Waals surface area contributed by atoms with Gasteiger partial charge in [0.2, 0.25) is 5.91 Å². The number of carboxylic acids is 1. The monoisotopic (exact) mass is 237 g/mol. The smallest absolute Gasteiger partial charge is 0.335 e. The zero-order valence-electron chi connectivity index (χ0n) is 9.60. The van der Waals surface area contributed by atoms with Gasteiger partial charge in [-0.3, -0.25) is 4.79 Å². The molecule has 0 fully saturated rings. The van der Waals surface area contributed by atoms with Crippen LogP contribution in [0.5, 0.6) is 0 Å². The number of carbonyl (C=O) groups is 2. The SMILES string of the molecule is COCCNC(=O)Cc1ccccc1C(=O)O.